The maximum absolute atomic E-state index is 6.23. The summed E-state index contributed by atoms with van der Waals surface area (Å²) in [7, 11) is 0. The number of thiazole rings is 1. The summed E-state index contributed by atoms with van der Waals surface area (Å²) in [5.74, 6) is 0. The normalized spacial score (nSPS) is 12.7. The van der Waals surface area contributed by atoms with E-state index in [0.29, 0.717) is 0 Å². The van der Waals surface area contributed by atoms with Gasteiger partial charge in [0.25, 0.3) is 0 Å². The van der Waals surface area contributed by atoms with Crippen LogP contribution in [0.15, 0.2) is 24.3 Å². The SMILES string of the molecule is Cc1ccccc1CC(N)Cc1nc(C)c(C)s1. The fourth-order valence-corrected chi connectivity index (χ4v) is 3.07. The van der Waals surface area contributed by atoms with Gasteiger partial charge in [0.1, 0.15) is 0 Å². The highest BCUT2D eigenvalue weighted by atomic mass is 32.1. The molecule has 18 heavy (non-hydrogen) atoms. The van der Waals surface area contributed by atoms with E-state index < -0.39 is 0 Å². The molecule has 2 aromatic rings. The summed E-state index contributed by atoms with van der Waals surface area (Å²) in [4.78, 5) is 5.85. The van der Waals surface area contributed by atoms with Crippen molar-refractivity contribution in [1.29, 1.82) is 0 Å². The van der Waals surface area contributed by atoms with Gasteiger partial charge in [0.2, 0.25) is 0 Å². The highest BCUT2D eigenvalue weighted by molar-refractivity contribution is 7.11. The minimum atomic E-state index is 0.149. The van der Waals surface area contributed by atoms with Gasteiger partial charge in [0.05, 0.1) is 10.7 Å². The molecule has 0 radical (unpaired) electrons. The zero-order valence-corrected chi connectivity index (χ0v) is 12.1. The van der Waals surface area contributed by atoms with E-state index in [4.69, 9.17) is 5.73 Å². The van der Waals surface area contributed by atoms with Gasteiger partial charge in [-0.25, -0.2) is 4.98 Å². The Morgan fingerprint density at radius 1 is 1.17 bits per heavy atom. The van der Waals surface area contributed by atoms with E-state index >= 15 is 0 Å². The van der Waals surface area contributed by atoms with Crippen LogP contribution in [0.3, 0.4) is 0 Å². The van der Waals surface area contributed by atoms with Crippen LogP contribution in [-0.2, 0) is 12.8 Å². The highest BCUT2D eigenvalue weighted by Crippen LogP contribution is 2.19. The number of hydrogen-bond acceptors (Lipinski definition) is 3. The molecule has 0 amide bonds. The molecule has 1 aromatic heterocycles. The second kappa shape index (κ2) is 5.63. The van der Waals surface area contributed by atoms with Gasteiger partial charge < -0.3 is 5.73 Å². The molecule has 0 saturated heterocycles. The van der Waals surface area contributed by atoms with Crippen molar-refractivity contribution in [2.24, 2.45) is 5.73 Å². The number of nitrogens with zero attached hydrogens (tertiary/aromatic N) is 1. The van der Waals surface area contributed by atoms with Gasteiger partial charge in [0.15, 0.2) is 0 Å². The van der Waals surface area contributed by atoms with Gasteiger partial charge in [-0.2, -0.15) is 0 Å². The van der Waals surface area contributed by atoms with Crippen molar-refractivity contribution < 1.29 is 0 Å². The first-order chi connectivity index (χ1) is 8.56. The highest BCUT2D eigenvalue weighted by Gasteiger charge is 2.10. The van der Waals surface area contributed by atoms with E-state index in [0.717, 1.165) is 23.5 Å². The van der Waals surface area contributed by atoms with Crippen LogP contribution in [0.25, 0.3) is 0 Å². The Kier molecular flexibility index (Phi) is 4.15. The van der Waals surface area contributed by atoms with Crippen LogP contribution in [0.2, 0.25) is 0 Å². The molecule has 0 aliphatic rings. The topological polar surface area (TPSA) is 38.9 Å². The third-order valence-electron chi connectivity index (χ3n) is 3.25. The minimum Gasteiger partial charge on any atom is -0.327 e. The molecular formula is C15H20N2S. The molecule has 0 spiro atoms. The summed E-state index contributed by atoms with van der Waals surface area (Å²) in [6.45, 7) is 6.31. The van der Waals surface area contributed by atoms with Crippen molar-refractivity contribution in [3.63, 3.8) is 0 Å². The zero-order chi connectivity index (χ0) is 13.1. The largest absolute Gasteiger partial charge is 0.327 e. The maximum atomic E-state index is 6.23. The fraction of sp³-hybridized carbons (Fsp3) is 0.400. The zero-order valence-electron chi connectivity index (χ0n) is 11.2. The Labute approximate surface area is 113 Å². The van der Waals surface area contributed by atoms with E-state index in [1.807, 2.05) is 0 Å². The molecule has 0 fully saturated rings. The lowest BCUT2D eigenvalue weighted by Crippen LogP contribution is -2.25. The molecule has 1 aromatic carbocycles. The summed E-state index contributed by atoms with van der Waals surface area (Å²) in [5, 5.41) is 1.16. The van der Waals surface area contributed by atoms with Crippen molar-refractivity contribution in [3.8, 4) is 0 Å². The minimum absolute atomic E-state index is 0.149. The quantitative estimate of drug-likeness (QED) is 0.917. The Balaban J connectivity index is 2.01. The maximum Gasteiger partial charge on any atom is 0.0946 e. The number of hydrogen-bond donors (Lipinski definition) is 1. The van der Waals surface area contributed by atoms with Gasteiger partial charge in [0, 0.05) is 17.3 Å². The first-order valence-corrected chi connectivity index (χ1v) is 7.11. The third kappa shape index (κ3) is 3.18. The Morgan fingerprint density at radius 2 is 1.89 bits per heavy atom. The van der Waals surface area contributed by atoms with Crippen LogP contribution in [0, 0.1) is 20.8 Å². The van der Waals surface area contributed by atoms with Gasteiger partial charge >= 0.3 is 0 Å². The first kappa shape index (κ1) is 13.2. The molecule has 0 aliphatic heterocycles. The second-order valence-corrected chi connectivity index (χ2v) is 6.13. The van der Waals surface area contributed by atoms with Crippen LogP contribution in [0.5, 0.6) is 0 Å². The standard InChI is InChI=1S/C15H20N2S/c1-10-6-4-5-7-13(10)8-14(16)9-15-17-11(2)12(3)18-15/h4-7,14H,8-9,16H2,1-3H3. The molecule has 2 rings (SSSR count). The lowest BCUT2D eigenvalue weighted by atomic mass is 10.0. The van der Waals surface area contributed by atoms with E-state index in [1.54, 1.807) is 11.3 Å². The van der Waals surface area contributed by atoms with Crippen LogP contribution in [0.1, 0.15) is 26.7 Å². The smallest absolute Gasteiger partial charge is 0.0946 e. The van der Waals surface area contributed by atoms with Gasteiger partial charge in [-0.05, 0) is 38.3 Å². The summed E-state index contributed by atoms with van der Waals surface area (Å²) in [6.07, 6.45) is 1.79. The van der Waals surface area contributed by atoms with Crippen molar-refractivity contribution >= 4 is 11.3 Å². The van der Waals surface area contributed by atoms with Gasteiger partial charge in [-0.1, -0.05) is 24.3 Å². The molecule has 0 aliphatic carbocycles. The first-order valence-electron chi connectivity index (χ1n) is 6.29. The average molecular weight is 260 g/mol. The Hall–Kier alpha value is -1.19. The molecule has 2 nitrogen and oxygen atoms in total. The van der Waals surface area contributed by atoms with E-state index in [1.165, 1.54) is 16.0 Å². The number of nitrogens with two attached hydrogens (primary N) is 1. The molecule has 1 heterocycles. The lowest BCUT2D eigenvalue weighted by molar-refractivity contribution is 0.659. The molecule has 0 bridgehead atoms. The summed E-state index contributed by atoms with van der Waals surface area (Å²) in [6, 6.07) is 8.59. The van der Waals surface area contributed by atoms with Crippen LogP contribution in [0.4, 0.5) is 0 Å². The number of rotatable bonds is 4. The second-order valence-electron chi connectivity index (χ2n) is 4.84. The van der Waals surface area contributed by atoms with Crippen molar-refractivity contribution in [3.05, 3.63) is 51.0 Å². The van der Waals surface area contributed by atoms with Crippen LogP contribution < -0.4 is 5.73 Å². The average Bonchev–Trinajstić information content (AvgIpc) is 2.61. The lowest BCUT2D eigenvalue weighted by Gasteiger charge is -2.11. The monoisotopic (exact) mass is 260 g/mol. The summed E-state index contributed by atoms with van der Waals surface area (Å²) >= 11 is 1.77. The van der Waals surface area contributed by atoms with Crippen molar-refractivity contribution in [2.45, 2.75) is 39.7 Å². The molecule has 0 saturated carbocycles. The van der Waals surface area contributed by atoms with Crippen molar-refractivity contribution in [2.75, 3.05) is 0 Å². The van der Waals surface area contributed by atoms with Crippen LogP contribution >= 0.6 is 11.3 Å². The predicted molar refractivity (Wildman–Crippen MR) is 78.2 cm³/mol. The number of aromatic nitrogens is 1. The van der Waals surface area contributed by atoms with E-state index in [2.05, 4.69) is 50.0 Å². The number of benzene rings is 1. The molecule has 96 valence electrons. The molecule has 3 heteroatoms. The Morgan fingerprint density at radius 3 is 2.50 bits per heavy atom. The van der Waals surface area contributed by atoms with Gasteiger partial charge in [-0.15, -0.1) is 11.3 Å². The fourth-order valence-electron chi connectivity index (χ4n) is 2.04. The molecule has 1 unspecified atom stereocenters. The van der Waals surface area contributed by atoms with Gasteiger partial charge in [-0.3, -0.25) is 0 Å². The molecule has 2 N–H and O–H groups in total. The summed E-state index contributed by atoms with van der Waals surface area (Å²) < 4.78 is 0. The predicted octanol–water partition coefficient (Wildman–Crippen LogP) is 3.18. The summed E-state index contributed by atoms with van der Waals surface area (Å²) in [5.41, 5.74) is 10.0. The van der Waals surface area contributed by atoms with E-state index in [-0.39, 0.29) is 6.04 Å². The van der Waals surface area contributed by atoms with E-state index in [9.17, 15) is 0 Å². The molecule has 1 atom stereocenters. The number of aryl methyl sites for hydroxylation is 3. The van der Waals surface area contributed by atoms with Crippen molar-refractivity contribution in [1.82, 2.24) is 4.98 Å². The third-order valence-corrected chi connectivity index (χ3v) is 4.35. The molecular weight excluding hydrogens is 240 g/mol. The van der Waals surface area contributed by atoms with Crippen LogP contribution in [-0.4, -0.2) is 11.0 Å². The Bertz CT molecular complexity index is 512.